The highest BCUT2D eigenvalue weighted by atomic mass is 15.1. The number of benzene rings is 10. The van der Waals surface area contributed by atoms with Gasteiger partial charge in [0.2, 0.25) is 0 Å². The molecule has 344 valence electrons. The summed E-state index contributed by atoms with van der Waals surface area (Å²) in [6.07, 6.45) is 2.33. The Labute approximate surface area is 420 Å². The Morgan fingerprint density at radius 3 is 1.59 bits per heavy atom. The average molecular weight is 914 g/mol. The van der Waals surface area contributed by atoms with Gasteiger partial charge in [0.25, 0.3) is 0 Å². The minimum atomic E-state index is -0.574. The summed E-state index contributed by atoms with van der Waals surface area (Å²) >= 11 is 0. The van der Waals surface area contributed by atoms with Crippen molar-refractivity contribution in [1.29, 1.82) is 0 Å². The lowest BCUT2D eigenvalue weighted by molar-refractivity contribution is 0.332. The Balaban J connectivity index is 1.13. The standard InChI is InChI=1S/C70H59N/c1-67(2)40-41-68(3,4)65-42-48(34-39-62(65)67)58-44-59-56-28-16-18-31-61(56)70(49-22-9-7-10-23-49,50-24-11-8-12-25-50)64(59)45-66(58)71(52-37-38-57-55-27-15-17-30-60(55)69(5,6)63(57)43-52)51-35-32-47(33-36-51)54-29-19-21-46-20-13-14-26-53(46)54/h7-39,42-45H,40-41H2,1-6H3. The van der Waals surface area contributed by atoms with Crippen molar-refractivity contribution in [2.75, 3.05) is 4.90 Å². The predicted octanol–water partition coefficient (Wildman–Crippen LogP) is 18.7. The van der Waals surface area contributed by atoms with Crippen LogP contribution >= 0.6 is 0 Å². The smallest absolute Gasteiger partial charge is 0.0714 e. The van der Waals surface area contributed by atoms with Gasteiger partial charge >= 0.3 is 0 Å². The SMILES string of the molecule is CC1(C)CCC(C)(C)c2cc(-c3cc4c(cc3N(c3ccc(-c5cccc6ccccc56)cc3)c3ccc5c(c3)C(C)(C)c3ccccc3-5)C(c3ccccc3)(c3ccccc3)c3ccccc3-4)ccc21. The molecule has 0 amide bonds. The van der Waals surface area contributed by atoms with Crippen molar-refractivity contribution >= 4 is 27.8 Å². The van der Waals surface area contributed by atoms with Gasteiger partial charge in [0.15, 0.2) is 0 Å². The summed E-state index contributed by atoms with van der Waals surface area (Å²) < 4.78 is 0. The fourth-order valence-electron chi connectivity index (χ4n) is 13.2. The monoisotopic (exact) mass is 913 g/mol. The number of hydrogen-bond donors (Lipinski definition) is 0. The number of rotatable bonds is 7. The second-order valence-electron chi connectivity index (χ2n) is 22.3. The average Bonchev–Trinajstić information content (AvgIpc) is 3.83. The Morgan fingerprint density at radius 1 is 0.324 bits per heavy atom. The summed E-state index contributed by atoms with van der Waals surface area (Å²) in [5.74, 6) is 0. The van der Waals surface area contributed by atoms with E-state index in [0.29, 0.717) is 0 Å². The number of fused-ring (bicyclic) bond motifs is 8. The zero-order valence-electron chi connectivity index (χ0n) is 41.7. The van der Waals surface area contributed by atoms with Crippen LogP contribution in [-0.2, 0) is 21.7 Å². The maximum atomic E-state index is 2.59. The van der Waals surface area contributed by atoms with Crippen molar-refractivity contribution in [2.45, 2.75) is 76.0 Å². The highest BCUT2D eigenvalue weighted by Gasteiger charge is 2.47. The van der Waals surface area contributed by atoms with Crippen LogP contribution in [0.2, 0.25) is 0 Å². The molecule has 1 heteroatoms. The van der Waals surface area contributed by atoms with Crippen LogP contribution < -0.4 is 4.90 Å². The first-order valence-electron chi connectivity index (χ1n) is 25.6. The zero-order valence-corrected chi connectivity index (χ0v) is 41.7. The zero-order chi connectivity index (χ0) is 48.3. The van der Waals surface area contributed by atoms with Gasteiger partial charge in [-0.1, -0.05) is 230 Å². The van der Waals surface area contributed by atoms with Crippen LogP contribution in [-0.4, -0.2) is 0 Å². The highest BCUT2D eigenvalue weighted by molar-refractivity contribution is 5.99. The van der Waals surface area contributed by atoms with Crippen molar-refractivity contribution in [3.8, 4) is 44.5 Å². The molecule has 71 heavy (non-hydrogen) atoms. The predicted molar refractivity (Wildman–Crippen MR) is 300 cm³/mol. The van der Waals surface area contributed by atoms with E-state index in [-0.39, 0.29) is 16.2 Å². The van der Waals surface area contributed by atoms with Crippen molar-refractivity contribution in [1.82, 2.24) is 0 Å². The Hall–Kier alpha value is -7.74. The molecule has 0 radical (unpaired) electrons. The van der Waals surface area contributed by atoms with Gasteiger partial charge in [-0.2, -0.15) is 0 Å². The molecule has 10 aromatic rings. The number of nitrogens with zero attached hydrogens (tertiary/aromatic N) is 1. The molecule has 3 aliphatic rings. The molecule has 0 aliphatic heterocycles. The van der Waals surface area contributed by atoms with Gasteiger partial charge in [-0.3, -0.25) is 0 Å². The second kappa shape index (κ2) is 15.9. The molecule has 0 atom stereocenters. The first kappa shape index (κ1) is 43.3. The van der Waals surface area contributed by atoms with Gasteiger partial charge in [0.05, 0.1) is 11.1 Å². The normalized spacial score (nSPS) is 16.1. The van der Waals surface area contributed by atoms with Crippen molar-refractivity contribution < 1.29 is 0 Å². The topological polar surface area (TPSA) is 3.24 Å². The molecule has 1 nitrogen and oxygen atoms in total. The molecule has 0 fully saturated rings. The van der Waals surface area contributed by atoms with Crippen molar-refractivity contribution in [2.24, 2.45) is 0 Å². The Kier molecular flexibility index (Phi) is 9.69. The van der Waals surface area contributed by atoms with E-state index < -0.39 is 5.41 Å². The van der Waals surface area contributed by atoms with Crippen LogP contribution in [0.3, 0.4) is 0 Å². The van der Waals surface area contributed by atoms with Crippen molar-refractivity contribution in [3.05, 3.63) is 269 Å². The highest BCUT2D eigenvalue weighted by Crippen LogP contribution is 2.60. The summed E-state index contributed by atoms with van der Waals surface area (Å²) in [4.78, 5) is 2.58. The molecular weight excluding hydrogens is 855 g/mol. The van der Waals surface area contributed by atoms with Gasteiger partial charge < -0.3 is 4.90 Å². The van der Waals surface area contributed by atoms with Gasteiger partial charge in [0.1, 0.15) is 0 Å². The molecular formula is C70H59N. The van der Waals surface area contributed by atoms with Crippen LogP contribution in [0.1, 0.15) is 98.9 Å². The minimum absolute atomic E-state index is 0.0395. The summed E-state index contributed by atoms with van der Waals surface area (Å²) in [6.45, 7) is 14.6. The number of anilines is 3. The maximum absolute atomic E-state index is 2.59. The van der Waals surface area contributed by atoms with E-state index in [9.17, 15) is 0 Å². The van der Waals surface area contributed by atoms with E-state index in [0.717, 1.165) is 23.5 Å². The van der Waals surface area contributed by atoms with Crippen LogP contribution in [0.15, 0.2) is 224 Å². The second-order valence-corrected chi connectivity index (χ2v) is 22.3. The summed E-state index contributed by atoms with van der Waals surface area (Å²) in [7, 11) is 0. The molecule has 0 saturated carbocycles. The third-order valence-corrected chi connectivity index (χ3v) is 17.0. The van der Waals surface area contributed by atoms with Gasteiger partial charge in [-0.15, -0.1) is 0 Å². The molecule has 13 rings (SSSR count). The maximum Gasteiger partial charge on any atom is 0.0714 e. The third kappa shape index (κ3) is 6.52. The molecule has 0 bridgehead atoms. The third-order valence-electron chi connectivity index (χ3n) is 17.0. The van der Waals surface area contributed by atoms with Crippen LogP contribution in [0.25, 0.3) is 55.3 Å². The quantitative estimate of drug-likeness (QED) is 0.154. The van der Waals surface area contributed by atoms with Crippen LogP contribution in [0.4, 0.5) is 17.1 Å². The van der Waals surface area contributed by atoms with E-state index in [2.05, 4.69) is 271 Å². The fourth-order valence-corrected chi connectivity index (χ4v) is 13.2. The summed E-state index contributed by atoms with van der Waals surface area (Å²) in [5.41, 5.74) is 23.7. The Morgan fingerprint density at radius 2 is 0.873 bits per heavy atom. The lowest BCUT2D eigenvalue weighted by atomic mass is 9.63. The van der Waals surface area contributed by atoms with E-state index >= 15 is 0 Å². The van der Waals surface area contributed by atoms with E-state index in [4.69, 9.17) is 0 Å². The van der Waals surface area contributed by atoms with Gasteiger partial charge in [-0.25, -0.2) is 0 Å². The van der Waals surface area contributed by atoms with Crippen molar-refractivity contribution in [3.63, 3.8) is 0 Å². The number of hydrogen-bond acceptors (Lipinski definition) is 1. The first-order chi connectivity index (χ1) is 34.4. The molecule has 0 saturated heterocycles. The minimum Gasteiger partial charge on any atom is -0.310 e. The molecule has 0 N–H and O–H groups in total. The largest absolute Gasteiger partial charge is 0.310 e. The first-order valence-corrected chi connectivity index (χ1v) is 25.6. The molecule has 0 unspecified atom stereocenters. The van der Waals surface area contributed by atoms with E-state index in [1.807, 2.05) is 0 Å². The van der Waals surface area contributed by atoms with E-state index in [1.165, 1.54) is 106 Å². The van der Waals surface area contributed by atoms with Gasteiger partial charge in [-0.05, 0) is 154 Å². The lowest BCUT2D eigenvalue weighted by Gasteiger charge is -2.42. The van der Waals surface area contributed by atoms with E-state index in [1.54, 1.807) is 0 Å². The summed E-state index contributed by atoms with van der Waals surface area (Å²) in [6, 6.07) is 85.3. The van der Waals surface area contributed by atoms with Gasteiger partial charge in [0, 0.05) is 22.4 Å². The van der Waals surface area contributed by atoms with Crippen LogP contribution in [0, 0.1) is 0 Å². The molecule has 0 spiro atoms. The van der Waals surface area contributed by atoms with Crippen LogP contribution in [0.5, 0.6) is 0 Å². The summed E-state index contributed by atoms with van der Waals surface area (Å²) in [5, 5.41) is 2.51. The molecule has 10 aromatic carbocycles. The fraction of sp³-hybridized carbons (Fsp3) is 0.171. The Bertz CT molecular complexity index is 3680. The molecule has 0 heterocycles. The molecule has 0 aromatic heterocycles. The lowest BCUT2D eigenvalue weighted by Crippen LogP contribution is -2.33. The molecule has 3 aliphatic carbocycles.